The van der Waals surface area contributed by atoms with Gasteiger partial charge in [0.1, 0.15) is 18.2 Å². The van der Waals surface area contributed by atoms with Crippen molar-refractivity contribution in [1.82, 2.24) is 20.6 Å². The zero-order valence-electron chi connectivity index (χ0n) is 18.5. The lowest BCUT2D eigenvalue weighted by Crippen LogP contribution is -2.29. The molecule has 1 aromatic heterocycles. The minimum atomic E-state index is -5.05. The van der Waals surface area contributed by atoms with Gasteiger partial charge in [-0.1, -0.05) is 12.1 Å². The second kappa shape index (κ2) is 10.3. The number of nitrogens with one attached hydrogen (secondary N) is 2. The zero-order valence-corrected chi connectivity index (χ0v) is 18.5. The van der Waals surface area contributed by atoms with Crippen molar-refractivity contribution >= 4 is 5.91 Å². The number of nitrogens with zero attached hydrogens (tertiary/aromatic N) is 3. The van der Waals surface area contributed by atoms with Crippen molar-refractivity contribution in [3.05, 3.63) is 88.3 Å². The molecular formula is C24H19F4N5O3. The smallest absolute Gasteiger partial charge is 0.403 e. The summed E-state index contributed by atoms with van der Waals surface area (Å²) < 4.78 is 54.5. The first-order valence-electron chi connectivity index (χ1n) is 10.7. The third kappa shape index (κ3) is 5.94. The molecule has 8 nitrogen and oxygen atoms in total. The fourth-order valence-corrected chi connectivity index (χ4v) is 3.89. The lowest BCUT2D eigenvalue weighted by molar-refractivity contribution is -0.275. The highest BCUT2D eigenvalue weighted by Gasteiger charge is 2.32. The lowest BCUT2D eigenvalue weighted by atomic mass is 10.1. The van der Waals surface area contributed by atoms with E-state index in [1.807, 2.05) is 6.07 Å². The number of fused-ring (bicyclic) bond motifs is 1. The van der Waals surface area contributed by atoms with Crippen LogP contribution in [0.3, 0.4) is 0 Å². The molecule has 186 valence electrons. The van der Waals surface area contributed by atoms with Crippen molar-refractivity contribution in [2.75, 3.05) is 0 Å². The molecule has 0 bridgehead atoms. The predicted octanol–water partition coefficient (Wildman–Crippen LogP) is 3.58. The van der Waals surface area contributed by atoms with Crippen LogP contribution in [-0.4, -0.2) is 27.3 Å². The Bertz CT molecular complexity index is 1330. The molecule has 0 saturated carbocycles. The molecule has 2 atom stereocenters. The number of benzene rings is 2. The standard InChI is InChI=1S/C24H19F4N5O3/c25-17-5-2-14(8-21(17)36-24(26,27)28)11-30-22(34)19-9-20(32-12-31-19)23(35)33-18-6-3-15-7-13(10-29)1-4-16(15)18/h1-2,4-5,7-9,12,18,22,30,34H,3,6,11H2,(H,33,35)/t18-,22?/m1/s1. The van der Waals surface area contributed by atoms with Gasteiger partial charge < -0.3 is 15.2 Å². The number of carbonyl (C=O) groups is 1. The second-order valence-electron chi connectivity index (χ2n) is 8.01. The van der Waals surface area contributed by atoms with Crippen LogP contribution in [0, 0.1) is 17.1 Å². The maximum Gasteiger partial charge on any atom is 0.573 e. The molecule has 0 radical (unpaired) electrons. The molecule has 1 aliphatic rings. The van der Waals surface area contributed by atoms with Gasteiger partial charge in [0.25, 0.3) is 5.91 Å². The number of aliphatic hydroxyl groups is 1. The molecule has 0 spiro atoms. The highest BCUT2D eigenvalue weighted by atomic mass is 19.4. The highest BCUT2D eigenvalue weighted by molar-refractivity contribution is 5.92. The molecule has 3 aromatic rings. The van der Waals surface area contributed by atoms with Crippen molar-refractivity contribution < 1.29 is 32.2 Å². The van der Waals surface area contributed by atoms with Gasteiger partial charge in [-0.2, -0.15) is 5.26 Å². The van der Waals surface area contributed by atoms with Gasteiger partial charge in [-0.3, -0.25) is 10.1 Å². The van der Waals surface area contributed by atoms with Crippen LogP contribution in [0.4, 0.5) is 17.6 Å². The molecule has 4 rings (SSSR count). The summed E-state index contributed by atoms with van der Waals surface area (Å²) in [4.78, 5) is 20.7. The molecule has 0 aliphatic heterocycles. The Morgan fingerprint density at radius 2 is 2.03 bits per heavy atom. The number of amides is 1. The quantitative estimate of drug-likeness (QED) is 0.334. The Labute approximate surface area is 202 Å². The van der Waals surface area contributed by atoms with Crippen molar-refractivity contribution in [2.45, 2.75) is 38.0 Å². The van der Waals surface area contributed by atoms with E-state index in [2.05, 4.69) is 31.4 Å². The number of hydrogen-bond donors (Lipinski definition) is 3. The molecule has 12 heteroatoms. The van der Waals surface area contributed by atoms with Crippen LogP contribution in [-0.2, 0) is 13.0 Å². The third-order valence-corrected chi connectivity index (χ3v) is 5.58. The molecular weight excluding hydrogens is 482 g/mol. The van der Waals surface area contributed by atoms with Gasteiger partial charge in [-0.15, -0.1) is 13.2 Å². The maximum atomic E-state index is 13.6. The molecule has 0 fully saturated rings. The van der Waals surface area contributed by atoms with Gasteiger partial charge in [-0.25, -0.2) is 14.4 Å². The first-order chi connectivity index (χ1) is 17.1. The number of ether oxygens (including phenoxy) is 1. The Morgan fingerprint density at radius 3 is 2.78 bits per heavy atom. The molecule has 1 aliphatic carbocycles. The average Bonchev–Trinajstić information content (AvgIpc) is 3.25. The van der Waals surface area contributed by atoms with Crippen LogP contribution in [0.5, 0.6) is 5.75 Å². The molecule has 1 amide bonds. The van der Waals surface area contributed by atoms with E-state index in [-0.39, 0.29) is 29.5 Å². The fourth-order valence-electron chi connectivity index (χ4n) is 3.89. The predicted molar refractivity (Wildman–Crippen MR) is 117 cm³/mol. The van der Waals surface area contributed by atoms with Crippen LogP contribution in [0.1, 0.15) is 57.1 Å². The van der Waals surface area contributed by atoms with E-state index in [1.54, 1.807) is 12.1 Å². The van der Waals surface area contributed by atoms with Crippen LogP contribution < -0.4 is 15.4 Å². The van der Waals surface area contributed by atoms with Gasteiger partial charge in [0.05, 0.1) is 23.4 Å². The monoisotopic (exact) mass is 501 g/mol. The number of aromatic nitrogens is 2. The number of aliphatic hydroxyl groups excluding tert-OH is 1. The Hall–Kier alpha value is -4.08. The lowest BCUT2D eigenvalue weighted by Gasteiger charge is -2.16. The molecule has 2 aromatic carbocycles. The number of nitriles is 1. The maximum absolute atomic E-state index is 13.6. The van der Waals surface area contributed by atoms with Crippen molar-refractivity contribution in [3.63, 3.8) is 0 Å². The van der Waals surface area contributed by atoms with Crippen LogP contribution in [0.15, 0.2) is 48.8 Å². The number of alkyl halides is 3. The van der Waals surface area contributed by atoms with Gasteiger partial charge in [-0.05, 0) is 59.9 Å². The Kier molecular flexibility index (Phi) is 7.14. The number of carbonyl (C=O) groups excluding carboxylic acids is 1. The molecule has 3 N–H and O–H groups in total. The SMILES string of the molecule is N#Cc1ccc2c(c1)CC[C@H]2NC(=O)c1cc(C(O)NCc2ccc(F)c(OC(F)(F)F)c2)ncn1. The van der Waals surface area contributed by atoms with Gasteiger partial charge >= 0.3 is 6.36 Å². The van der Waals surface area contributed by atoms with E-state index >= 15 is 0 Å². The van der Waals surface area contributed by atoms with Crippen molar-refractivity contribution in [3.8, 4) is 11.8 Å². The number of rotatable bonds is 7. The second-order valence-corrected chi connectivity index (χ2v) is 8.01. The summed E-state index contributed by atoms with van der Waals surface area (Å²) in [6.45, 7) is -0.148. The molecule has 1 heterocycles. The molecule has 0 saturated heterocycles. The van der Waals surface area contributed by atoms with E-state index < -0.39 is 30.1 Å². The zero-order chi connectivity index (χ0) is 25.9. The van der Waals surface area contributed by atoms with Crippen molar-refractivity contribution in [1.29, 1.82) is 5.26 Å². The number of aryl methyl sites for hydroxylation is 1. The summed E-state index contributed by atoms with van der Waals surface area (Å²) in [6, 6.07) is 11.3. The van der Waals surface area contributed by atoms with Gasteiger partial charge in [0.15, 0.2) is 11.6 Å². The average molecular weight is 501 g/mol. The third-order valence-electron chi connectivity index (χ3n) is 5.58. The van der Waals surface area contributed by atoms with Gasteiger partial charge in [0.2, 0.25) is 0 Å². The molecule has 36 heavy (non-hydrogen) atoms. The van der Waals surface area contributed by atoms with Crippen LogP contribution >= 0.6 is 0 Å². The summed E-state index contributed by atoms with van der Waals surface area (Å²) in [6.07, 6.45) is -3.97. The van der Waals surface area contributed by atoms with E-state index in [0.29, 0.717) is 18.4 Å². The number of halogens is 4. The summed E-state index contributed by atoms with van der Waals surface area (Å²) in [7, 11) is 0. The van der Waals surface area contributed by atoms with Crippen molar-refractivity contribution in [2.24, 2.45) is 0 Å². The summed E-state index contributed by atoms with van der Waals surface area (Å²) in [5.41, 5.74) is 2.73. The Morgan fingerprint density at radius 1 is 1.22 bits per heavy atom. The van der Waals surface area contributed by atoms with Gasteiger partial charge in [0, 0.05) is 6.54 Å². The normalized spacial score (nSPS) is 15.6. The first kappa shape index (κ1) is 25.0. The largest absolute Gasteiger partial charge is 0.573 e. The minimum Gasteiger partial charge on any atom is -0.403 e. The fraction of sp³-hybridized carbons (Fsp3) is 0.250. The van der Waals surface area contributed by atoms with E-state index in [0.717, 1.165) is 29.6 Å². The summed E-state index contributed by atoms with van der Waals surface area (Å²) in [5, 5.41) is 25.0. The summed E-state index contributed by atoms with van der Waals surface area (Å²) in [5.74, 6) is -2.66. The van der Waals surface area contributed by atoms with E-state index in [1.165, 1.54) is 12.1 Å². The van der Waals surface area contributed by atoms with E-state index in [4.69, 9.17) is 5.26 Å². The summed E-state index contributed by atoms with van der Waals surface area (Å²) >= 11 is 0. The van der Waals surface area contributed by atoms with E-state index in [9.17, 15) is 27.5 Å². The molecule has 1 unspecified atom stereocenters. The topological polar surface area (TPSA) is 120 Å². The van der Waals surface area contributed by atoms with Crippen LogP contribution in [0.25, 0.3) is 0 Å². The first-order valence-corrected chi connectivity index (χ1v) is 10.7. The minimum absolute atomic E-state index is 0.00518. The number of hydrogen-bond acceptors (Lipinski definition) is 7. The highest BCUT2D eigenvalue weighted by Crippen LogP contribution is 2.32. The Balaban J connectivity index is 1.39. The van der Waals surface area contributed by atoms with Crippen LogP contribution in [0.2, 0.25) is 0 Å².